The highest BCUT2D eigenvalue weighted by Gasteiger charge is 2.01. The zero-order valence-corrected chi connectivity index (χ0v) is 8.91. The highest BCUT2D eigenvalue weighted by molar-refractivity contribution is 5.43. The van der Waals surface area contributed by atoms with Gasteiger partial charge in [0.15, 0.2) is 0 Å². The third kappa shape index (κ3) is 3.35. The zero-order valence-electron chi connectivity index (χ0n) is 8.91. The van der Waals surface area contributed by atoms with Crippen molar-refractivity contribution < 1.29 is 9.47 Å². The molecule has 0 aromatic heterocycles. The van der Waals surface area contributed by atoms with Crippen molar-refractivity contribution in [2.75, 3.05) is 13.7 Å². The first-order valence-corrected chi connectivity index (χ1v) is 4.52. The number of methoxy groups -OCH3 is 1. The van der Waals surface area contributed by atoms with Gasteiger partial charge in [-0.05, 0) is 24.6 Å². The highest BCUT2D eigenvalue weighted by atomic mass is 16.5. The summed E-state index contributed by atoms with van der Waals surface area (Å²) < 4.78 is 10.5. The minimum Gasteiger partial charge on any atom is -0.497 e. The van der Waals surface area contributed by atoms with Gasteiger partial charge in [-0.2, -0.15) is 5.26 Å². The Balaban J connectivity index is 2.88. The van der Waals surface area contributed by atoms with Crippen molar-refractivity contribution >= 4 is 0 Å². The van der Waals surface area contributed by atoms with Gasteiger partial charge in [0.05, 0.1) is 18.7 Å². The highest BCUT2D eigenvalue weighted by Crippen LogP contribution is 2.22. The summed E-state index contributed by atoms with van der Waals surface area (Å²) in [5.41, 5.74) is 1.45. The first-order valence-electron chi connectivity index (χ1n) is 4.52. The van der Waals surface area contributed by atoms with E-state index < -0.39 is 0 Å². The molecule has 78 valence electrons. The predicted octanol–water partition coefficient (Wildman–Crippen LogP) is 2.52. The average molecular weight is 203 g/mol. The Bertz CT molecular complexity index is 405. The number of rotatable bonds is 4. The molecule has 3 heteroatoms. The molecule has 1 aromatic carbocycles. The van der Waals surface area contributed by atoms with E-state index in [-0.39, 0.29) is 0 Å². The second-order valence-electron chi connectivity index (χ2n) is 3.25. The molecule has 0 bridgehead atoms. The van der Waals surface area contributed by atoms with Gasteiger partial charge < -0.3 is 9.47 Å². The van der Waals surface area contributed by atoms with Gasteiger partial charge >= 0.3 is 0 Å². The molecule has 0 N–H and O–H groups in total. The predicted molar refractivity (Wildman–Crippen MR) is 58.0 cm³/mol. The van der Waals surface area contributed by atoms with Crippen molar-refractivity contribution in [3.05, 3.63) is 35.9 Å². The van der Waals surface area contributed by atoms with Crippen LogP contribution < -0.4 is 9.47 Å². The molecule has 0 unspecified atom stereocenters. The number of hydrogen-bond donors (Lipinski definition) is 0. The van der Waals surface area contributed by atoms with Gasteiger partial charge in [-0.1, -0.05) is 6.58 Å². The second-order valence-corrected chi connectivity index (χ2v) is 3.25. The molecule has 0 spiro atoms. The minimum atomic E-state index is 0.442. The fourth-order valence-corrected chi connectivity index (χ4v) is 1.04. The van der Waals surface area contributed by atoms with E-state index in [4.69, 9.17) is 14.7 Å². The molecule has 0 heterocycles. The topological polar surface area (TPSA) is 42.2 Å². The molecule has 0 amide bonds. The van der Waals surface area contributed by atoms with Crippen LogP contribution in [0.2, 0.25) is 0 Å². The van der Waals surface area contributed by atoms with Crippen LogP contribution in [0, 0.1) is 11.3 Å². The van der Waals surface area contributed by atoms with Gasteiger partial charge in [-0.3, -0.25) is 0 Å². The summed E-state index contributed by atoms with van der Waals surface area (Å²) in [7, 11) is 1.55. The Morgan fingerprint density at radius 1 is 1.40 bits per heavy atom. The van der Waals surface area contributed by atoms with Crippen LogP contribution >= 0.6 is 0 Å². The molecular weight excluding hydrogens is 190 g/mol. The monoisotopic (exact) mass is 203 g/mol. The first kappa shape index (κ1) is 11.1. The second kappa shape index (κ2) is 5.06. The summed E-state index contributed by atoms with van der Waals surface area (Å²) in [5, 5.41) is 8.78. The van der Waals surface area contributed by atoms with Crippen LogP contribution in [-0.2, 0) is 0 Å². The van der Waals surface area contributed by atoms with Gasteiger partial charge in [0.2, 0.25) is 0 Å². The third-order valence-corrected chi connectivity index (χ3v) is 1.73. The lowest BCUT2D eigenvalue weighted by Gasteiger charge is -2.08. The average Bonchev–Trinajstić information content (AvgIpc) is 2.25. The summed E-state index contributed by atoms with van der Waals surface area (Å²) in [4.78, 5) is 0. The zero-order chi connectivity index (χ0) is 11.3. The van der Waals surface area contributed by atoms with Crippen molar-refractivity contribution in [2.45, 2.75) is 6.92 Å². The quantitative estimate of drug-likeness (QED) is 0.706. The van der Waals surface area contributed by atoms with Crippen LogP contribution in [0.25, 0.3) is 0 Å². The van der Waals surface area contributed by atoms with Crippen molar-refractivity contribution in [1.82, 2.24) is 0 Å². The van der Waals surface area contributed by atoms with E-state index in [1.165, 1.54) is 0 Å². The molecule has 0 saturated carbocycles. The van der Waals surface area contributed by atoms with Gasteiger partial charge in [-0.15, -0.1) is 0 Å². The van der Waals surface area contributed by atoms with Crippen LogP contribution in [0.4, 0.5) is 0 Å². The Hall–Kier alpha value is -1.95. The van der Waals surface area contributed by atoms with Crippen LogP contribution in [0.1, 0.15) is 12.5 Å². The molecule has 0 fully saturated rings. The van der Waals surface area contributed by atoms with Crippen molar-refractivity contribution in [1.29, 1.82) is 5.26 Å². The SMILES string of the molecule is C=C(C)COc1cc(C#N)cc(OC)c1. The fraction of sp³-hybridized carbons (Fsp3) is 0.250. The van der Waals surface area contributed by atoms with E-state index >= 15 is 0 Å². The molecule has 3 nitrogen and oxygen atoms in total. The number of benzene rings is 1. The Morgan fingerprint density at radius 3 is 2.60 bits per heavy atom. The van der Waals surface area contributed by atoms with Gasteiger partial charge in [-0.25, -0.2) is 0 Å². The maximum atomic E-state index is 8.78. The van der Waals surface area contributed by atoms with Gasteiger partial charge in [0.1, 0.15) is 18.1 Å². The number of hydrogen-bond acceptors (Lipinski definition) is 3. The van der Waals surface area contributed by atoms with E-state index in [9.17, 15) is 0 Å². The number of ether oxygens (including phenoxy) is 2. The van der Waals surface area contributed by atoms with E-state index in [0.29, 0.717) is 23.7 Å². The normalized spacial score (nSPS) is 9.13. The molecule has 0 aliphatic heterocycles. The Labute approximate surface area is 89.6 Å². The summed E-state index contributed by atoms with van der Waals surface area (Å²) in [6.45, 7) is 6.06. The van der Waals surface area contributed by atoms with Crippen LogP contribution in [-0.4, -0.2) is 13.7 Å². The third-order valence-electron chi connectivity index (χ3n) is 1.73. The summed E-state index contributed by atoms with van der Waals surface area (Å²) in [6.07, 6.45) is 0. The van der Waals surface area contributed by atoms with E-state index in [1.54, 1.807) is 25.3 Å². The van der Waals surface area contributed by atoms with Crippen LogP contribution in [0.3, 0.4) is 0 Å². The summed E-state index contributed by atoms with van der Waals surface area (Å²) in [6, 6.07) is 7.12. The minimum absolute atomic E-state index is 0.442. The molecular formula is C12H13NO2. The molecule has 0 saturated heterocycles. The van der Waals surface area contributed by atoms with Crippen molar-refractivity contribution in [3.8, 4) is 17.6 Å². The van der Waals surface area contributed by atoms with Gasteiger partial charge in [0.25, 0.3) is 0 Å². The summed E-state index contributed by atoms with van der Waals surface area (Å²) in [5.74, 6) is 1.24. The standard InChI is InChI=1S/C12H13NO2/c1-9(2)8-15-12-5-10(7-13)4-11(6-12)14-3/h4-6H,1,8H2,2-3H3. The van der Waals surface area contributed by atoms with Gasteiger partial charge in [0, 0.05) is 6.07 Å². The largest absolute Gasteiger partial charge is 0.497 e. The lowest BCUT2D eigenvalue weighted by atomic mass is 10.2. The summed E-state index contributed by atoms with van der Waals surface area (Å²) >= 11 is 0. The van der Waals surface area contributed by atoms with E-state index in [2.05, 4.69) is 6.58 Å². The number of nitriles is 1. The molecule has 0 atom stereocenters. The van der Waals surface area contributed by atoms with Crippen LogP contribution in [0.5, 0.6) is 11.5 Å². The molecule has 0 aliphatic rings. The van der Waals surface area contributed by atoms with Crippen molar-refractivity contribution in [3.63, 3.8) is 0 Å². The lowest BCUT2D eigenvalue weighted by Crippen LogP contribution is -1.98. The van der Waals surface area contributed by atoms with E-state index in [0.717, 1.165) is 5.57 Å². The fourth-order valence-electron chi connectivity index (χ4n) is 1.04. The molecule has 0 radical (unpaired) electrons. The molecule has 15 heavy (non-hydrogen) atoms. The lowest BCUT2D eigenvalue weighted by molar-refractivity contribution is 0.347. The first-order chi connectivity index (χ1) is 7.15. The Kier molecular flexibility index (Phi) is 3.75. The van der Waals surface area contributed by atoms with Crippen molar-refractivity contribution in [2.24, 2.45) is 0 Å². The van der Waals surface area contributed by atoms with E-state index in [1.807, 2.05) is 13.0 Å². The Morgan fingerprint density at radius 2 is 2.07 bits per heavy atom. The van der Waals surface area contributed by atoms with Crippen LogP contribution in [0.15, 0.2) is 30.4 Å². The molecule has 0 aliphatic carbocycles. The number of nitrogens with zero attached hydrogens (tertiary/aromatic N) is 1. The smallest absolute Gasteiger partial charge is 0.124 e. The molecule has 1 rings (SSSR count). The maximum Gasteiger partial charge on any atom is 0.124 e. The maximum absolute atomic E-state index is 8.78. The molecule has 1 aromatic rings.